The maximum atomic E-state index is 12.6. The third-order valence-corrected chi connectivity index (χ3v) is 4.13. The lowest BCUT2D eigenvalue weighted by molar-refractivity contribution is -0.155. The van der Waals surface area contributed by atoms with Gasteiger partial charge in [0.25, 0.3) is 0 Å². The van der Waals surface area contributed by atoms with Crippen molar-refractivity contribution in [3.05, 3.63) is 0 Å². The van der Waals surface area contributed by atoms with Crippen molar-refractivity contribution >= 4 is 11.9 Å². The molecule has 0 bridgehead atoms. The first-order valence-corrected chi connectivity index (χ1v) is 6.30. The van der Waals surface area contributed by atoms with Crippen LogP contribution in [0.5, 0.6) is 0 Å². The van der Waals surface area contributed by atoms with Gasteiger partial charge in [0.05, 0.1) is 12.5 Å². The Hall–Kier alpha value is -1.10. The zero-order valence-corrected chi connectivity index (χ0v) is 11.9. The number of likely N-dealkylation sites (tertiary alicyclic amines) is 1. The average molecular weight is 256 g/mol. The van der Waals surface area contributed by atoms with Crippen LogP contribution in [0, 0.1) is 5.41 Å². The first kappa shape index (κ1) is 15.0. The van der Waals surface area contributed by atoms with Crippen molar-refractivity contribution in [1.82, 2.24) is 4.90 Å². The van der Waals surface area contributed by atoms with Gasteiger partial charge in [-0.15, -0.1) is 0 Å². The summed E-state index contributed by atoms with van der Waals surface area (Å²) in [5.74, 6) is -0.422. The third kappa shape index (κ3) is 2.51. The first-order valence-electron chi connectivity index (χ1n) is 6.30. The number of carbonyl (C=O) groups excluding carboxylic acids is 2. The molecular formula is C13H24N2O3. The van der Waals surface area contributed by atoms with Crippen molar-refractivity contribution < 1.29 is 14.3 Å². The molecule has 2 N–H and O–H groups in total. The number of nitrogens with zero attached hydrogens (tertiary/aromatic N) is 1. The summed E-state index contributed by atoms with van der Waals surface area (Å²) in [4.78, 5) is 25.9. The Morgan fingerprint density at radius 1 is 1.28 bits per heavy atom. The van der Waals surface area contributed by atoms with Gasteiger partial charge in [-0.05, 0) is 40.5 Å². The zero-order valence-electron chi connectivity index (χ0n) is 11.9. The quantitative estimate of drug-likeness (QED) is 0.762. The van der Waals surface area contributed by atoms with Crippen LogP contribution in [0.2, 0.25) is 0 Å². The summed E-state index contributed by atoms with van der Waals surface area (Å²) in [7, 11) is 1.35. The molecule has 0 saturated carbocycles. The van der Waals surface area contributed by atoms with Gasteiger partial charge in [-0.3, -0.25) is 4.79 Å². The van der Waals surface area contributed by atoms with Crippen LogP contribution in [0.3, 0.4) is 0 Å². The van der Waals surface area contributed by atoms with Gasteiger partial charge < -0.3 is 15.4 Å². The Balaban J connectivity index is 2.93. The van der Waals surface area contributed by atoms with Crippen molar-refractivity contribution in [3.8, 4) is 0 Å². The molecule has 0 aromatic rings. The highest BCUT2D eigenvalue weighted by Gasteiger charge is 2.46. The van der Waals surface area contributed by atoms with E-state index in [9.17, 15) is 9.59 Å². The van der Waals surface area contributed by atoms with Crippen molar-refractivity contribution in [1.29, 1.82) is 0 Å². The third-order valence-electron chi connectivity index (χ3n) is 4.13. The second-order valence-corrected chi connectivity index (χ2v) is 6.03. The standard InChI is InChI=1S/C13H24N2O3/c1-12(2,13(3,4)14)11(17)15-8-6-7-9(15)10(16)18-5/h9H,6-8,14H2,1-5H3. The normalized spacial score (nSPS) is 21.0. The van der Waals surface area contributed by atoms with Gasteiger partial charge in [0.1, 0.15) is 6.04 Å². The van der Waals surface area contributed by atoms with E-state index in [1.165, 1.54) is 7.11 Å². The van der Waals surface area contributed by atoms with E-state index in [0.717, 1.165) is 6.42 Å². The molecule has 1 unspecified atom stereocenters. The molecule has 1 atom stereocenters. The largest absolute Gasteiger partial charge is 0.467 e. The average Bonchev–Trinajstić information content (AvgIpc) is 2.73. The van der Waals surface area contributed by atoms with Crippen molar-refractivity contribution in [3.63, 3.8) is 0 Å². The van der Waals surface area contributed by atoms with Crippen LogP contribution in [0.4, 0.5) is 0 Å². The number of hydrogen-bond donors (Lipinski definition) is 1. The minimum atomic E-state index is -0.719. The van der Waals surface area contributed by atoms with Gasteiger partial charge in [-0.2, -0.15) is 0 Å². The molecule has 1 rings (SSSR count). The summed E-state index contributed by atoms with van der Waals surface area (Å²) in [6.45, 7) is 7.89. The Bertz CT molecular complexity index is 345. The van der Waals surface area contributed by atoms with Crippen LogP contribution >= 0.6 is 0 Å². The fourth-order valence-corrected chi connectivity index (χ4v) is 2.03. The summed E-state index contributed by atoms with van der Waals surface area (Å²) >= 11 is 0. The highest BCUT2D eigenvalue weighted by molar-refractivity contribution is 5.89. The fourth-order valence-electron chi connectivity index (χ4n) is 2.03. The topological polar surface area (TPSA) is 72.6 Å². The fraction of sp³-hybridized carbons (Fsp3) is 0.846. The molecule has 5 heteroatoms. The molecule has 1 heterocycles. The molecule has 104 valence electrons. The van der Waals surface area contributed by atoms with E-state index in [1.54, 1.807) is 4.90 Å². The van der Waals surface area contributed by atoms with E-state index < -0.39 is 17.0 Å². The Labute approximate surface area is 109 Å². The summed E-state index contributed by atoms with van der Waals surface area (Å²) in [5, 5.41) is 0. The number of carbonyl (C=O) groups is 2. The molecule has 0 spiro atoms. The SMILES string of the molecule is COC(=O)C1CCCN1C(=O)C(C)(C)C(C)(C)N. The lowest BCUT2D eigenvalue weighted by atomic mass is 9.74. The summed E-state index contributed by atoms with van der Waals surface area (Å²) in [6.07, 6.45) is 1.49. The van der Waals surface area contributed by atoms with Crippen LogP contribution in [0.25, 0.3) is 0 Å². The molecule has 5 nitrogen and oxygen atoms in total. The van der Waals surface area contributed by atoms with E-state index in [-0.39, 0.29) is 11.9 Å². The molecule has 1 aliphatic rings. The molecule has 1 fully saturated rings. The second-order valence-electron chi connectivity index (χ2n) is 6.03. The molecular weight excluding hydrogens is 232 g/mol. The highest BCUT2D eigenvalue weighted by Crippen LogP contribution is 2.33. The Morgan fingerprint density at radius 3 is 2.28 bits per heavy atom. The molecule has 0 radical (unpaired) electrons. The molecule has 0 aliphatic carbocycles. The van der Waals surface area contributed by atoms with Gasteiger partial charge in [0, 0.05) is 12.1 Å². The predicted octanol–water partition coefficient (Wildman–Crippen LogP) is 0.914. The Morgan fingerprint density at radius 2 is 1.83 bits per heavy atom. The van der Waals surface area contributed by atoms with Crippen LogP contribution < -0.4 is 5.73 Å². The maximum absolute atomic E-state index is 12.6. The molecule has 0 aromatic heterocycles. The minimum Gasteiger partial charge on any atom is -0.467 e. The van der Waals surface area contributed by atoms with Gasteiger partial charge in [0.2, 0.25) is 5.91 Å². The van der Waals surface area contributed by atoms with Crippen LogP contribution in [-0.4, -0.2) is 42.0 Å². The maximum Gasteiger partial charge on any atom is 0.328 e. The van der Waals surface area contributed by atoms with Crippen LogP contribution in [0.15, 0.2) is 0 Å². The number of nitrogens with two attached hydrogens (primary N) is 1. The number of methoxy groups -OCH3 is 1. The smallest absolute Gasteiger partial charge is 0.328 e. The number of ether oxygens (including phenoxy) is 1. The van der Waals surface area contributed by atoms with Gasteiger partial charge in [0.15, 0.2) is 0 Å². The van der Waals surface area contributed by atoms with Crippen LogP contribution in [0.1, 0.15) is 40.5 Å². The second kappa shape index (κ2) is 4.88. The molecule has 0 aromatic carbocycles. The lowest BCUT2D eigenvalue weighted by Gasteiger charge is -2.40. The van der Waals surface area contributed by atoms with Crippen LogP contribution in [-0.2, 0) is 14.3 Å². The molecule has 1 saturated heterocycles. The summed E-state index contributed by atoms with van der Waals surface area (Å²) in [5.41, 5.74) is 4.71. The lowest BCUT2D eigenvalue weighted by Crippen LogP contribution is -2.58. The van der Waals surface area contributed by atoms with Gasteiger partial charge in [-0.1, -0.05) is 0 Å². The summed E-state index contributed by atoms with van der Waals surface area (Å²) in [6, 6.07) is -0.455. The van der Waals surface area contributed by atoms with E-state index >= 15 is 0 Å². The van der Waals surface area contributed by atoms with Crippen molar-refractivity contribution in [2.24, 2.45) is 11.1 Å². The van der Waals surface area contributed by atoms with E-state index in [2.05, 4.69) is 0 Å². The highest BCUT2D eigenvalue weighted by atomic mass is 16.5. The minimum absolute atomic E-state index is 0.0806. The van der Waals surface area contributed by atoms with E-state index in [4.69, 9.17) is 10.5 Å². The predicted molar refractivity (Wildman–Crippen MR) is 68.8 cm³/mol. The number of rotatable bonds is 3. The van der Waals surface area contributed by atoms with Gasteiger partial charge in [-0.25, -0.2) is 4.79 Å². The zero-order chi connectivity index (χ0) is 14.1. The molecule has 18 heavy (non-hydrogen) atoms. The van der Waals surface area contributed by atoms with E-state index in [0.29, 0.717) is 13.0 Å². The number of esters is 1. The van der Waals surface area contributed by atoms with Crippen molar-refractivity contribution in [2.75, 3.05) is 13.7 Å². The first-order chi connectivity index (χ1) is 8.13. The van der Waals surface area contributed by atoms with E-state index in [1.807, 2.05) is 27.7 Å². The number of hydrogen-bond acceptors (Lipinski definition) is 4. The van der Waals surface area contributed by atoms with Gasteiger partial charge >= 0.3 is 5.97 Å². The van der Waals surface area contributed by atoms with Crippen molar-refractivity contribution in [2.45, 2.75) is 52.1 Å². The number of amides is 1. The summed E-state index contributed by atoms with van der Waals surface area (Å²) < 4.78 is 4.75. The monoisotopic (exact) mass is 256 g/mol. The molecule has 1 aliphatic heterocycles. The Kier molecular flexibility index (Phi) is 4.05. The molecule has 1 amide bonds.